The lowest BCUT2D eigenvalue weighted by atomic mass is 10.2. The van der Waals surface area contributed by atoms with Gasteiger partial charge >= 0.3 is 0 Å². The van der Waals surface area contributed by atoms with E-state index < -0.39 is 15.1 Å². The number of carbonyl (C=O) groups excluding carboxylic acids is 1. The third kappa shape index (κ3) is 2.86. The second kappa shape index (κ2) is 5.27. The van der Waals surface area contributed by atoms with Gasteiger partial charge in [0.05, 0.1) is 16.5 Å². The second-order valence-electron chi connectivity index (χ2n) is 5.07. The van der Waals surface area contributed by atoms with Gasteiger partial charge in [-0.15, -0.1) is 0 Å². The maximum absolute atomic E-state index is 12.1. The van der Waals surface area contributed by atoms with Crippen LogP contribution >= 0.6 is 12.2 Å². The minimum atomic E-state index is -3.05. The van der Waals surface area contributed by atoms with Gasteiger partial charge in [-0.1, -0.05) is 0 Å². The number of aromatic amines is 1. The average Bonchev–Trinajstić information content (AvgIpc) is 2.96. The van der Waals surface area contributed by atoms with Crippen molar-refractivity contribution >= 4 is 39.1 Å². The lowest BCUT2D eigenvalue weighted by molar-refractivity contribution is 0.0953. The first-order chi connectivity index (χ1) is 9.95. The lowest BCUT2D eigenvalue weighted by Gasteiger charge is -2.10. The van der Waals surface area contributed by atoms with Gasteiger partial charge in [0.1, 0.15) is 0 Å². The van der Waals surface area contributed by atoms with E-state index in [2.05, 4.69) is 10.3 Å². The Morgan fingerprint density at radius 1 is 1.48 bits per heavy atom. The molecule has 0 radical (unpaired) electrons. The lowest BCUT2D eigenvalue weighted by Crippen LogP contribution is -2.34. The van der Waals surface area contributed by atoms with Crippen LogP contribution in [0.25, 0.3) is 11.1 Å². The molecule has 21 heavy (non-hydrogen) atoms. The minimum absolute atomic E-state index is 0.149. The number of fused-ring (bicyclic) bond motifs is 1. The van der Waals surface area contributed by atoms with Gasteiger partial charge in [0.2, 0.25) is 0 Å². The molecule has 0 bridgehead atoms. The fraction of sp³-hybridized carbons (Fsp3) is 0.385. The molecule has 2 N–H and O–H groups in total. The molecule has 8 heteroatoms. The number of hydrogen-bond acceptors (Lipinski definition) is 5. The van der Waals surface area contributed by atoms with Crippen LogP contribution in [0.2, 0.25) is 0 Å². The van der Waals surface area contributed by atoms with Gasteiger partial charge in [0, 0.05) is 12.1 Å². The quantitative estimate of drug-likeness (QED) is 0.839. The van der Waals surface area contributed by atoms with Crippen molar-refractivity contribution in [3.8, 4) is 0 Å². The molecule has 1 atom stereocenters. The minimum Gasteiger partial charge on any atom is -0.429 e. The van der Waals surface area contributed by atoms with Crippen LogP contribution in [0.15, 0.2) is 22.6 Å². The number of hydrogen-bond donors (Lipinski definition) is 2. The van der Waals surface area contributed by atoms with Crippen molar-refractivity contribution in [3.05, 3.63) is 28.6 Å². The molecular weight excluding hydrogens is 312 g/mol. The molecule has 3 rings (SSSR count). The highest BCUT2D eigenvalue weighted by Gasteiger charge is 2.31. The molecule has 1 aliphatic heterocycles. The van der Waals surface area contributed by atoms with Crippen molar-refractivity contribution < 1.29 is 17.6 Å². The average molecular weight is 326 g/mol. The normalized spacial score (nSPS) is 20.7. The van der Waals surface area contributed by atoms with Crippen LogP contribution in [0.5, 0.6) is 0 Å². The molecular formula is C13H14N2O4S2. The van der Waals surface area contributed by atoms with E-state index in [1.165, 1.54) is 0 Å². The van der Waals surface area contributed by atoms with E-state index in [4.69, 9.17) is 16.6 Å². The smallest absolute Gasteiger partial charge is 0.266 e. The fourth-order valence-electron chi connectivity index (χ4n) is 2.48. The highest BCUT2D eigenvalue weighted by atomic mass is 32.2. The van der Waals surface area contributed by atoms with E-state index in [1.54, 1.807) is 18.2 Å². The molecule has 0 spiro atoms. The first-order valence-corrected chi connectivity index (χ1v) is 8.71. The zero-order chi connectivity index (χ0) is 15.0. The Labute approximate surface area is 126 Å². The molecule has 6 nitrogen and oxygen atoms in total. The molecule has 0 aliphatic carbocycles. The monoisotopic (exact) mass is 326 g/mol. The predicted octanol–water partition coefficient (Wildman–Crippen LogP) is 1.80. The van der Waals surface area contributed by atoms with Gasteiger partial charge in [0.15, 0.2) is 15.4 Å². The van der Waals surface area contributed by atoms with Crippen molar-refractivity contribution in [1.82, 2.24) is 10.3 Å². The Morgan fingerprint density at radius 3 is 3.00 bits per heavy atom. The summed E-state index contributed by atoms with van der Waals surface area (Å²) in [5, 5.41) is 2.20. The van der Waals surface area contributed by atoms with Gasteiger partial charge in [-0.3, -0.25) is 4.79 Å². The Morgan fingerprint density at radius 2 is 2.29 bits per heavy atom. The summed E-state index contributed by atoms with van der Waals surface area (Å²) in [5.41, 5.74) is 1.63. The Bertz CT molecular complexity index is 850. The van der Waals surface area contributed by atoms with Crippen LogP contribution in [0.1, 0.15) is 23.2 Å². The number of H-pyrrole nitrogens is 1. The number of sulfone groups is 1. The van der Waals surface area contributed by atoms with Crippen molar-refractivity contribution in [3.63, 3.8) is 0 Å². The Kier molecular flexibility index (Phi) is 3.58. The van der Waals surface area contributed by atoms with E-state index in [0.717, 1.165) is 5.52 Å². The molecule has 1 saturated heterocycles. The molecule has 2 aromatic rings. The van der Waals surface area contributed by atoms with Crippen molar-refractivity contribution in [1.29, 1.82) is 0 Å². The van der Waals surface area contributed by atoms with Gasteiger partial charge < -0.3 is 14.7 Å². The summed E-state index contributed by atoms with van der Waals surface area (Å²) in [6, 6.07) is 4.93. The first kappa shape index (κ1) is 14.3. The van der Waals surface area contributed by atoms with Gasteiger partial charge in [-0.25, -0.2) is 8.42 Å². The summed E-state index contributed by atoms with van der Waals surface area (Å²) in [7, 11) is -3.05. The maximum atomic E-state index is 12.1. The second-order valence-corrected chi connectivity index (χ2v) is 7.84. The van der Waals surface area contributed by atoms with E-state index in [1.807, 2.05) is 0 Å². The number of aromatic nitrogens is 1. The van der Waals surface area contributed by atoms with Crippen LogP contribution in [-0.2, 0) is 9.84 Å². The van der Waals surface area contributed by atoms with Crippen LogP contribution in [0.4, 0.5) is 0 Å². The SMILES string of the molecule is O=C(NCC1CCCS1(=O)=O)c1ccc2[nH]c(=S)oc2c1. The standard InChI is InChI=1S/C13H14N2O4S2/c16-12(14-7-9-2-1-5-21(9,17)18)8-3-4-10-11(6-8)19-13(20)15-10/h3-4,6,9H,1-2,5,7H2,(H,14,16)(H,15,20). The van der Waals surface area contributed by atoms with Crippen LogP contribution in [0.3, 0.4) is 0 Å². The van der Waals surface area contributed by atoms with Gasteiger partial charge in [-0.2, -0.15) is 0 Å². The fourth-order valence-corrected chi connectivity index (χ4v) is 4.45. The van der Waals surface area contributed by atoms with E-state index in [-0.39, 0.29) is 23.0 Å². The molecule has 1 fully saturated rings. The number of rotatable bonds is 3. The molecule has 112 valence electrons. The third-order valence-corrected chi connectivity index (χ3v) is 6.10. The topological polar surface area (TPSA) is 92.2 Å². The van der Waals surface area contributed by atoms with Crippen molar-refractivity contribution in [2.75, 3.05) is 12.3 Å². The van der Waals surface area contributed by atoms with Crippen LogP contribution < -0.4 is 5.32 Å². The number of amides is 1. The largest absolute Gasteiger partial charge is 0.429 e. The van der Waals surface area contributed by atoms with Gasteiger partial charge in [0.25, 0.3) is 10.7 Å². The first-order valence-electron chi connectivity index (χ1n) is 6.58. The Hall–Kier alpha value is -1.67. The highest BCUT2D eigenvalue weighted by molar-refractivity contribution is 7.92. The highest BCUT2D eigenvalue weighted by Crippen LogP contribution is 2.19. The predicted molar refractivity (Wildman–Crippen MR) is 80.5 cm³/mol. The van der Waals surface area contributed by atoms with Gasteiger partial charge in [-0.05, 0) is 43.3 Å². The van der Waals surface area contributed by atoms with Crippen LogP contribution in [-0.4, -0.2) is 36.9 Å². The summed E-state index contributed by atoms with van der Waals surface area (Å²) in [6.07, 6.45) is 1.27. The number of oxazole rings is 1. The van der Waals surface area contributed by atoms with Crippen LogP contribution in [0, 0.1) is 4.84 Å². The van der Waals surface area contributed by atoms with Crippen molar-refractivity contribution in [2.24, 2.45) is 0 Å². The summed E-state index contributed by atoms with van der Waals surface area (Å²) >= 11 is 4.88. The third-order valence-electron chi connectivity index (χ3n) is 3.64. The van der Waals surface area contributed by atoms with E-state index in [9.17, 15) is 13.2 Å². The summed E-state index contributed by atoms with van der Waals surface area (Å²) < 4.78 is 28.7. The molecule has 1 aromatic heterocycles. The number of carbonyl (C=O) groups is 1. The molecule has 2 heterocycles. The molecule has 1 amide bonds. The molecule has 0 saturated carbocycles. The summed E-state index contributed by atoms with van der Waals surface area (Å²) in [6.45, 7) is 0.149. The zero-order valence-electron chi connectivity index (χ0n) is 11.1. The summed E-state index contributed by atoms with van der Waals surface area (Å²) in [4.78, 5) is 15.2. The summed E-state index contributed by atoms with van der Waals surface area (Å²) in [5.74, 6) is -0.107. The zero-order valence-corrected chi connectivity index (χ0v) is 12.7. The van der Waals surface area contributed by atoms with E-state index >= 15 is 0 Å². The molecule has 1 aromatic carbocycles. The van der Waals surface area contributed by atoms with E-state index in [0.29, 0.717) is 24.0 Å². The van der Waals surface area contributed by atoms with Crippen molar-refractivity contribution in [2.45, 2.75) is 18.1 Å². The molecule has 1 unspecified atom stereocenters. The maximum Gasteiger partial charge on any atom is 0.266 e. The number of nitrogens with one attached hydrogen (secondary N) is 2. The Balaban J connectivity index is 1.73. The molecule has 1 aliphatic rings. The number of benzene rings is 1.